The van der Waals surface area contributed by atoms with Gasteiger partial charge in [-0.2, -0.15) is 0 Å². The summed E-state index contributed by atoms with van der Waals surface area (Å²) in [6, 6.07) is 6.89. The maximum Gasteiger partial charge on any atom is 0.226 e. The molecule has 0 saturated carbocycles. The van der Waals surface area contributed by atoms with Crippen LogP contribution in [0.15, 0.2) is 28.8 Å². The maximum absolute atomic E-state index is 11.8. The van der Waals surface area contributed by atoms with Crippen LogP contribution >= 0.6 is 0 Å². The van der Waals surface area contributed by atoms with Crippen molar-refractivity contribution in [3.63, 3.8) is 0 Å². The zero-order valence-corrected chi connectivity index (χ0v) is 10.7. The van der Waals surface area contributed by atoms with E-state index >= 15 is 0 Å². The Morgan fingerprint density at radius 1 is 1.53 bits per heavy atom. The van der Waals surface area contributed by atoms with Crippen molar-refractivity contribution in [2.45, 2.75) is 25.5 Å². The molecule has 2 rings (SSSR count). The number of aliphatic hydroxyl groups excluding tert-OH is 1. The highest BCUT2D eigenvalue weighted by Crippen LogP contribution is 2.17. The van der Waals surface area contributed by atoms with Gasteiger partial charge < -0.3 is 20.7 Å². The molecule has 0 radical (unpaired) electrons. The summed E-state index contributed by atoms with van der Waals surface area (Å²) in [5, 5.41) is 16.6. The number of hydrogen-bond donors (Lipinski definition) is 3. The average molecular weight is 263 g/mol. The van der Waals surface area contributed by atoms with E-state index in [1.807, 2.05) is 18.2 Å². The molecule has 0 fully saturated rings. The molecule has 0 spiro atoms. The summed E-state index contributed by atoms with van der Waals surface area (Å²) in [7, 11) is 0. The van der Waals surface area contributed by atoms with Crippen LogP contribution in [-0.4, -0.2) is 34.9 Å². The summed E-state index contributed by atoms with van der Waals surface area (Å²) in [6.07, 6.45) is -0.531. The van der Waals surface area contributed by atoms with Crippen LogP contribution < -0.4 is 11.1 Å². The van der Waals surface area contributed by atoms with E-state index < -0.39 is 12.1 Å². The fourth-order valence-electron chi connectivity index (χ4n) is 1.68. The molecule has 102 valence electrons. The topological polar surface area (TPSA) is 101 Å². The molecule has 0 aliphatic heterocycles. The second kappa shape index (κ2) is 5.81. The molecule has 0 saturated heterocycles. The maximum atomic E-state index is 11.8. The van der Waals surface area contributed by atoms with Crippen LogP contribution in [0, 0.1) is 0 Å². The van der Waals surface area contributed by atoms with Gasteiger partial charge in [-0.15, -0.1) is 0 Å². The number of nitrogens with zero attached hydrogens (tertiary/aromatic N) is 1. The summed E-state index contributed by atoms with van der Waals surface area (Å²) in [6.45, 7) is 1.81. The van der Waals surface area contributed by atoms with Gasteiger partial charge in [0.25, 0.3) is 0 Å². The highest BCUT2D eigenvalue weighted by molar-refractivity contribution is 5.86. The van der Waals surface area contributed by atoms with Gasteiger partial charge in [0.2, 0.25) is 5.91 Å². The third kappa shape index (κ3) is 3.30. The molecule has 0 aliphatic carbocycles. The van der Waals surface area contributed by atoms with E-state index in [1.165, 1.54) is 0 Å². The Labute approximate surface area is 110 Å². The molecule has 1 amide bonds. The number of hydrogen-bond acceptors (Lipinski definition) is 5. The van der Waals surface area contributed by atoms with Gasteiger partial charge in [-0.05, 0) is 19.1 Å². The molecule has 1 aromatic heterocycles. The van der Waals surface area contributed by atoms with Gasteiger partial charge in [0.05, 0.1) is 12.5 Å². The van der Waals surface area contributed by atoms with E-state index in [0.29, 0.717) is 11.3 Å². The number of para-hydroxylation sites is 1. The van der Waals surface area contributed by atoms with Gasteiger partial charge in [-0.3, -0.25) is 4.79 Å². The van der Waals surface area contributed by atoms with E-state index in [2.05, 4.69) is 10.5 Å². The second-order valence-electron chi connectivity index (χ2n) is 4.51. The first kappa shape index (κ1) is 13.5. The first-order valence-electron chi connectivity index (χ1n) is 6.11. The van der Waals surface area contributed by atoms with Crippen LogP contribution in [-0.2, 0) is 11.2 Å². The minimum atomic E-state index is -0.659. The highest BCUT2D eigenvalue weighted by atomic mass is 16.5. The fraction of sp³-hybridized carbons (Fsp3) is 0.385. The zero-order chi connectivity index (χ0) is 13.8. The van der Waals surface area contributed by atoms with Gasteiger partial charge in [0.1, 0.15) is 5.69 Å². The lowest BCUT2D eigenvalue weighted by Crippen LogP contribution is -2.44. The van der Waals surface area contributed by atoms with Gasteiger partial charge in [0, 0.05) is 18.0 Å². The first-order valence-corrected chi connectivity index (χ1v) is 6.11. The quantitative estimate of drug-likeness (QED) is 0.715. The number of fused-ring (bicyclic) bond motifs is 1. The van der Waals surface area contributed by atoms with E-state index in [4.69, 9.17) is 10.3 Å². The molecule has 6 heteroatoms. The van der Waals surface area contributed by atoms with E-state index in [-0.39, 0.29) is 18.9 Å². The van der Waals surface area contributed by atoms with Gasteiger partial charge in [0.15, 0.2) is 5.58 Å². The smallest absolute Gasteiger partial charge is 0.226 e. The molecule has 0 bridgehead atoms. The minimum absolute atomic E-state index is 0.129. The Bertz CT molecular complexity index is 565. The number of rotatable bonds is 5. The molecular weight excluding hydrogens is 246 g/mol. The molecule has 6 nitrogen and oxygen atoms in total. The lowest BCUT2D eigenvalue weighted by atomic mass is 10.1. The molecule has 19 heavy (non-hydrogen) atoms. The standard InChI is InChI=1S/C13H17N3O3/c1-8(17)10(14)7-15-13(18)6-11-9-4-2-3-5-12(9)19-16-11/h2-5,8,10,17H,6-7,14H2,1H3,(H,15,18). The number of aliphatic hydroxyl groups is 1. The Balaban J connectivity index is 1.96. The number of benzene rings is 1. The lowest BCUT2D eigenvalue weighted by molar-refractivity contribution is -0.120. The second-order valence-corrected chi connectivity index (χ2v) is 4.51. The van der Waals surface area contributed by atoms with Crippen LogP contribution in [0.1, 0.15) is 12.6 Å². The van der Waals surface area contributed by atoms with Crippen molar-refractivity contribution in [2.24, 2.45) is 5.73 Å². The molecule has 2 atom stereocenters. The van der Waals surface area contributed by atoms with Crippen LogP contribution in [0.25, 0.3) is 11.0 Å². The van der Waals surface area contributed by atoms with Gasteiger partial charge in [-0.1, -0.05) is 17.3 Å². The van der Waals surface area contributed by atoms with Crippen molar-refractivity contribution >= 4 is 16.9 Å². The van der Waals surface area contributed by atoms with Crippen LogP contribution in [0.3, 0.4) is 0 Å². The van der Waals surface area contributed by atoms with Crippen molar-refractivity contribution in [3.05, 3.63) is 30.0 Å². The number of aromatic nitrogens is 1. The van der Waals surface area contributed by atoms with Crippen LogP contribution in [0.4, 0.5) is 0 Å². The summed E-state index contributed by atoms with van der Waals surface area (Å²) in [5.74, 6) is -0.199. The zero-order valence-electron chi connectivity index (χ0n) is 10.7. The predicted molar refractivity (Wildman–Crippen MR) is 70.4 cm³/mol. The van der Waals surface area contributed by atoms with Gasteiger partial charge in [-0.25, -0.2) is 0 Å². The molecule has 1 heterocycles. The third-order valence-corrected chi connectivity index (χ3v) is 2.93. The SMILES string of the molecule is CC(O)C(N)CNC(=O)Cc1noc2ccccc12. The Kier molecular flexibility index (Phi) is 4.13. The van der Waals surface area contributed by atoms with E-state index in [1.54, 1.807) is 13.0 Å². The Morgan fingerprint density at radius 2 is 2.26 bits per heavy atom. The third-order valence-electron chi connectivity index (χ3n) is 2.93. The monoisotopic (exact) mass is 263 g/mol. The van der Waals surface area contributed by atoms with E-state index in [9.17, 15) is 9.90 Å². The number of carbonyl (C=O) groups is 1. The number of carbonyl (C=O) groups excluding carboxylic acids is 1. The number of nitrogens with two attached hydrogens (primary N) is 1. The summed E-state index contributed by atoms with van der Waals surface area (Å²) >= 11 is 0. The molecule has 2 aromatic rings. The molecular formula is C13H17N3O3. The van der Waals surface area contributed by atoms with E-state index in [0.717, 1.165) is 5.39 Å². The molecule has 4 N–H and O–H groups in total. The Morgan fingerprint density at radius 3 is 3.00 bits per heavy atom. The first-order chi connectivity index (χ1) is 9.08. The van der Waals surface area contributed by atoms with Crippen molar-refractivity contribution in [1.29, 1.82) is 0 Å². The summed E-state index contributed by atoms with van der Waals surface area (Å²) < 4.78 is 5.12. The molecule has 2 unspecified atom stereocenters. The summed E-state index contributed by atoms with van der Waals surface area (Å²) in [4.78, 5) is 11.8. The van der Waals surface area contributed by atoms with Crippen molar-refractivity contribution in [3.8, 4) is 0 Å². The normalized spacial score (nSPS) is 14.3. The minimum Gasteiger partial charge on any atom is -0.392 e. The van der Waals surface area contributed by atoms with Crippen molar-refractivity contribution < 1.29 is 14.4 Å². The Hall–Kier alpha value is -1.92. The lowest BCUT2D eigenvalue weighted by Gasteiger charge is -2.14. The van der Waals surface area contributed by atoms with Gasteiger partial charge >= 0.3 is 0 Å². The fourth-order valence-corrected chi connectivity index (χ4v) is 1.68. The summed E-state index contributed by atoms with van der Waals surface area (Å²) in [5.41, 5.74) is 6.88. The average Bonchev–Trinajstić information content (AvgIpc) is 2.79. The highest BCUT2D eigenvalue weighted by Gasteiger charge is 2.14. The predicted octanol–water partition coefficient (Wildman–Crippen LogP) is 0.195. The molecule has 0 aliphatic rings. The number of nitrogens with one attached hydrogen (secondary N) is 1. The van der Waals surface area contributed by atoms with Crippen LogP contribution in [0.5, 0.6) is 0 Å². The largest absolute Gasteiger partial charge is 0.392 e. The van der Waals surface area contributed by atoms with Crippen molar-refractivity contribution in [1.82, 2.24) is 10.5 Å². The van der Waals surface area contributed by atoms with Crippen LogP contribution in [0.2, 0.25) is 0 Å². The van der Waals surface area contributed by atoms with Crippen molar-refractivity contribution in [2.75, 3.05) is 6.54 Å². The number of amides is 1. The molecule has 1 aromatic carbocycles.